The van der Waals surface area contributed by atoms with Crippen LogP contribution in [0.4, 0.5) is 0 Å². The van der Waals surface area contributed by atoms with Crippen LogP contribution in [0, 0.1) is 12.8 Å². The largest absolute Gasteiger partial charge is 0.345 e. The van der Waals surface area contributed by atoms with Gasteiger partial charge in [-0.25, -0.2) is 4.68 Å². The maximum absolute atomic E-state index is 12.8. The van der Waals surface area contributed by atoms with E-state index in [9.17, 15) is 4.79 Å². The summed E-state index contributed by atoms with van der Waals surface area (Å²) in [5.74, 6) is 0.456. The van der Waals surface area contributed by atoms with Gasteiger partial charge in [-0.05, 0) is 50.8 Å². The molecule has 1 atom stereocenters. The van der Waals surface area contributed by atoms with Crippen molar-refractivity contribution in [1.29, 1.82) is 0 Å². The van der Waals surface area contributed by atoms with E-state index in [-0.39, 0.29) is 11.4 Å². The Morgan fingerprint density at radius 3 is 2.76 bits per heavy atom. The Hall–Kier alpha value is -2.18. The van der Waals surface area contributed by atoms with Crippen LogP contribution in [0.5, 0.6) is 0 Å². The number of hydrogen-bond acceptors (Lipinski definition) is 4. The molecule has 130 valence electrons. The highest BCUT2D eigenvalue weighted by Gasteiger charge is 2.41. The molecular formula is C19H22N4OS. The summed E-state index contributed by atoms with van der Waals surface area (Å²) in [5, 5.41) is 8.82. The molecular weight excluding hydrogens is 332 g/mol. The highest BCUT2D eigenvalue weighted by molar-refractivity contribution is 7.20. The van der Waals surface area contributed by atoms with E-state index in [4.69, 9.17) is 5.73 Å². The van der Waals surface area contributed by atoms with Crippen LogP contribution in [-0.4, -0.2) is 27.8 Å². The molecule has 0 saturated heterocycles. The summed E-state index contributed by atoms with van der Waals surface area (Å²) in [5.41, 5.74) is 7.54. The molecule has 6 heteroatoms. The average Bonchev–Trinajstić information content (AvgIpc) is 3.32. The fraction of sp³-hybridized carbons (Fsp3) is 0.368. The van der Waals surface area contributed by atoms with Gasteiger partial charge in [0.15, 0.2) is 0 Å². The predicted molar refractivity (Wildman–Crippen MR) is 101 cm³/mol. The molecule has 25 heavy (non-hydrogen) atoms. The van der Waals surface area contributed by atoms with Crippen LogP contribution in [0.1, 0.15) is 35.1 Å². The Balaban J connectivity index is 1.69. The van der Waals surface area contributed by atoms with Gasteiger partial charge in [0.1, 0.15) is 4.83 Å². The molecule has 5 nitrogen and oxygen atoms in total. The van der Waals surface area contributed by atoms with Gasteiger partial charge in [0, 0.05) is 11.9 Å². The maximum atomic E-state index is 12.8. The SMILES string of the molecule is Cc1nn(-c2ccccc2)c2sc(C(=O)NC(C)(CN)C3CC3)cc12. The number of benzene rings is 1. The minimum Gasteiger partial charge on any atom is -0.345 e. The smallest absolute Gasteiger partial charge is 0.261 e. The Morgan fingerprint density at radius 1 is 1.40 bits per heavy atom. The van der Waals surface area contributed by atoms with Gasteiger partial charge >= 0.3 is 0 Å². The lowest BCUT2D eigenvalue weighted by atomic mass is 9.96. The van der Waals surface area contributed by atoms with E-state index in [1.165, 1.54) is 11.3 Å². The summed E-state index contributed by atoms with van der Waals surface area (Å²) in [7, 11) is 0. The number of aromatic nitrogens is 2. The Labute approximate surface area is 150 Å². The summed E-state index contributed by atoms with van der Waals surface area (Å²) in [4.78, 5) is 14.5. The van der Waals surface area contributed by atoms with E-state index in [2.05, 4.69) is 10.4 Å². The maximum Gasteiger partial charge on any atom is 0.261 e. The Kier molecular flexibility index (Phi) is 3.89. The van der Waals surface area contributed by atoms with Crippen molar-refractivity contribution in [2.24, 2.45) is 11.7 Å². The fourth-order valence-corrected chi connectivity index (χ4v) is 4.34. The van der Waals surface area contributed by atoms with Crippen molar-refractivity contribution in [3.8, 4) is 5.69 Å². The predicted octanol–water partition coefficient (Wildman–Crippen LogP) is 3.25. The van der Waals surface area contributed by atoms with Gasteiger partial charge in [0.2, 0.25) is 0 Å². The molecule has 3 aromatic rings. The molecule has 1 aliphatic rings. The van der Waals surface area contributed by atoms with E-state index in [1.807, 2.05) is 54.9 Å². The number of aryl methyl sites for hydroxylation is 1. The second kappa shape index (κ2) is 5.97. The molecule has 1 unspecified atom stereocenters. The summed E-state index contributed by atoms with van der Waals surface area (Å²) in [6, 6.07) is 11.9. The van der Waals surface area contributed by atoms with E-state index >= 15 is 0 Å². The number of rotatable bonds is 5. The van der Waals surface area contributed by atoms with Crippen LogP contribution in [0.3, 0.4) is 0 Å². The van der Waals surface area contributed by atoms with Crippen LogP contribution < -0.4 is 11.1 Å². The molecule has 1 saturated carbocycles. The number of amides is 1. The summed E-state index contributed by atoms with van der Waals surface area (Å²) < 4.78 is 1.91. The van der Waals surface area contributed by atoms with Crippen LogP contribution in [0.25, 0.3) is 15.9 Å². The van der Waals surface area contributed by atoms with Gasteiger partial charge in [-0.3, -0.25) is 4.79 Å². The molecule has 2 heterocycles. The Bertz CT molecular complexity index is 926. The van der Waals surface area contributed by atoms with Crippen molar-refractivity contribution in [2.45, 2.75) is 32.2 Å². The quantitative estimate of drug-likeness (QED) is 0.739. The van der Waals surface area contributed by atoms with Gasteiger partial charge in [-0.15, -0.1) is 11.3 Å². The topological polar surface area (TPSA) is 72.9 Å². The van der Waals surface area contributed by atoms with Gasteiger partial charge in [0.05, 0.1) is 21.8 Å². The molecule has 0 bridgehead atoms. The van der Waals surface area contributed by atoms with Crippen LogP contribution in [-0.2, 0) is 0 Å². The molecule has 1 aromatic carbocycles. The number of carbonyl (C=O) groups is 1. The van der Waals surface area contributed by atoms with Crippen molar-refractivity contribution in [3.05, 3.63) is 47.0 Å². The first-order valence-electron chi connectivity index (χ1n) is 8.59. The van der Waals surface area contributed by atoms with Gasteiger partial charge in [-0.2, -0.15) is 5.10 Å². The molecule has 2 aromatic heterocycles. The third-order valence-electron chi connectivity index (χ3n) is 5.07. The van der Waals surface area contributed by atoms with E-state index in [1.54, 1.807) is 0 Å². The average molecular weight is 354 g/mol. The molecule has 1 fully saturated rings. The third-order valence-corrected chi connectivity index (χ3v) is 6.18. The lowest BCUT2D eigenvalue weighted by Crippen LogP contribution is -2.53. The molecule has 1 amide bonds. The number of carbonyl (C=O) groups excluding carboxylic acids is 1. The summed E-state index contributed by atoms with van der Waals surface area (Å²) in [6.07, 6.45) is 2.28. The number of nitrogens with one attached hydrogen (secondary N) is 1. The number of nitrogens with zero attached hydrogens (tertiary/aromatic N) is 2. The number of fused-ring (bicyclic) bond motifs is 1. The number of para-hydroxylation sites is 1. The van der Waals surface area contributed by atoms with Crippen molar-refractivity contribution < 1.29 is 4.79 Å². The second-order valence-corrected chi connectivity index (χ2v) is 8.04. The third kappa shape index (κ3) is 2.85. The lowest BCUT2D eigenvalue weighted by molar-refractivity contribution is 0.0902. The van der Waals surface area contributed by atoms with E-state index in [0.717, 1.165) is 34.4 Å². The second-order valence-electron chi connectivity index (χ2n) is 7.01. The normalized spacial score (nSPS) is 16.8. The molecule has 1 aliphatic carbocycles. The summed E-state index contributed by atoms with van der Waals surface area (Å²) in [6.45, 7) is 4.49. The standard InChI is InChI=1S/C19H22N4OS/c1-12-15-10-16(17(24)21-19(2,11-20)13-8-9-13)25-18(15)23(22-12)14-6-4-3-5-7-14/h3-7,10,13H,8-9,11,20H2,1-2H3,(H,21,24). The van der Waals surface area contributed by atoms with Crippen LogP contribution in [0.15, 0.2) is 36.4 Å². The minimum atomic E-state index is -0.312. The Morgan fingerprint density at radius 2 is 2.12 bits per heavy atom. The van der Waals surface area contributed by atoms with E-state index < -0.39 is 0 Å². The molecule has 0 aliphatic heterocycles. The monoisotopic (exact) mass is 354 g/mol. The highest BCUT2D eigenvalue weighted by Crippen LogP contribution is 2.39. The lowest BCUT2D eigenvalue weighted by Gasteiger charge is -2.29. The zero-order valence-corrected chi connectivity index (χ0v) is 15.3. The highest BCUT2D eigenvalue weighted by atomic mass is 32.1. The van der Waals surface area contributed by atoms with Gasteiger partial charge < -0.3 is 11.1 Å². The van der Waals surface area contributed by atoms with Crippen molar-refractivity contribution in [2.75, 3.05) is 6.54 Å². The molecule has 3 N–H and O–H groups in total. The fourth-order valence-electron chi connectivity index (χ4n) is 3.26. The van der Waals surface area contributed by atoms with Crippen molar-refractivity contribution >= 4 is 27.5 Å². The van der Waals surface area contributed by atoms with Gasteiger partial charge in [0.25, 0.3) is 5.91 Å². The molecule has 0 radical (unpaired) electrons. The van der Waals surface area contributed by atoms with E-state index in [0.29, 0.717) is 17.3 Å². The first-order valence-corrected chi connectivity index (χ1v) is 9.40. The number of thiophene rings is 1. The van der Waals surface area contributed by atoms with Crippen molar-refractivity contribution in [1.82, 2.24) is 15.1 Å². The zero-order chi connectivity index (χ0) is 17.6. The minimum absolute atomic E-state index is 0.0416. The first-order chi connectivity index (χ1) is 12.0. The number of hydrogen-bond donors (Lipinski definition) is 2. The van der Waals surface area contributed by atoms with Crippen molar-refractivity contribution in [3.63, 3.8) is 0 Å². The van der Waals surface area contributed by atoms with Crippen LogP contribution >= 0.6 is 11.3 Å². The van der Waals surface area contributed by atoms with Gasteiger partial charge in [-0.1, -0.05) is 18.2 Å². The first kappa shape index (κ1) is 16.3. The molecule has 4 rings (SSSR count). The van der Waals surface area contributed by atoms with Crippen LogP contribution in [0.2, 0.25) is 0 Å². The summed E-state index contributed by atoms with van der Waals surface area (Å²) >= 11 is 1.48. The zero-order valence-electron chi connectivity index (χ0n) is 14.5. The molecule has 0 spiro atoms. The number of nitrogens with two attached hydrogens (primary N) is 1.